The Morgan fingerprint density at radius 3 is 2.48 bits per heavy atom. The Hall–Kier alpha value is -3.01. The Morgan fingerprint density at radius 2 is 1.85 bits per heavy atom. The molecule has 0 saturated carbocycles. The summed E-state index contributed by atoms with van der Waals surface area (Å²) in [6.07, 6.45) is -4.79. The van der Waals surface area contributed by atoms with Crippen LogP contribution in [0.5, 0.6) is 5.75 Å². The highest BCUT2D eigenvalue weighted by atomic mass is 35.5. The molecule has 27 heavy (non-hydrogen) atoms. The molecular formula is C16H12ClF3N4O3. The second-order valence-electron chi connectivity index (χ2n) is 5.50. The maximum absolute atomic E-state index is 12.1. The minimum absolute atomic E-state index is 0.117. The largest absolute Gasteiger partial charge is 0.573 e. The number of anilines is 2. The predicted molar refractivity (Wildman–Crippen MR) is 92.1 cm³/mol. The summed E-state index contributed by atoms with van der Waals surface area (Å²) in [4.78, 5) is 16.3. The van der Waals surface area contributed by atoms with Crippen LogP contribution < -0.4 is 15.4 Å². The third-order valence-electron chi connectivity index (χ3n) is 3.54. The molecule has 0 atom stereocenters. The predicted octanol–water partition coefficient (Wildman–Crippen LogP) is 5.04. The maximum Gasteiger partial charge on any atom is 0.573 e. The summed E-state index contributed by atoms with van der Waals surface area (Å²) >= 11 is 6.16. The SMILES string of the molecule is Cc1nc2onc(NC(=O)Nc3ccc(OC(F)(F)F)cc3)c2c(C)c1Cl. The quantitative estimate of drug-likeness (QED) is 0.643. The number of carbonyl (C=O) groups excluding carboxylic acids is 1. The van der Waals surface area contributed by atoms with Crippen LogP contribution in [0.15, 0.2) is 28.8 Å². The van der Waals surface area contributed by atoms with E-state index in [0.29, 0.717) is 21.7 Å². The highest BCUT2D eigenvalue weighted by Gasteiger charge is 2.31. The third kappa shape index (κ3) is 4.22. The van der Waals surface area contributed by atoms with Gasteiger partial charge in [-0.05, 0) is 43.7 Å². The lowest BCUT2D eigenvalue weighted by molar-refractivity contribution is -0.274. The number of pyridine rings is 1. The standard InChI is InChI=1S/C16H12ClF3N4O3/c1-7-11-13(24-27-14(11)21-8(2)12(7)17)23-15(25)22-9-3-5-10(6-4-9)26-16(18,19)20/h3-6H,1-2H3,(H2,22,23,24,25). The van der Waals surface area contributed by atoms with E-state index in [4.69, 9.17) is 16.1 Å². The zero-order valence-corrected chi connectivity index (χ0v) is 14.7. The molecule has 11 heteroatoms. The van der Waals surface area contributed by atoms with Gasteiger partial charge in [0.25, 0.3) is 5.71 Å². The van der Waals surface area contributed by atoms with Crippen LogP contribution in [-0.2, 0) is 0 Å². The van der Waals surface area contributed by atoms with Gasteiger partial charge in [-0.1, -0.05) is 16.8 Å². The van der Waals surface area contributed by atoms with Crippen LogP contribution in [0.3, 0.4) is 0 Å². The van der Waals surface area contributed by atoms with Crippen molar-refractivity contribution in [2.75, 3.05) is 10.6 Å². The van der Waals surface area contributed by atoms with Crippen LogP contribution in [0.4, 0.5) is 29.5 Å². The number of ether oxygens (including phenoxy) is 1. The molecule has 0 fully saturated rings. The fraction of sp³-hybridized carbons (Fsp3) is 0.188. The highest BCUT2D eigenvalue weighted by molar-refractivity contribution is 6.33. The normalized spacial score (nSPS) is 11.5. The van der Waals surface area contributed by atoms with E-state index in [0.717, 1.165) is 12.1 Å². The number of alkyl halides is 3. The summed E-state index contributed by atoms with van der Waals surface area (Å²) < 4.78 is 45.3. The summed E-state index contributed by atoms with van der Waals surface area (Å²) in [6, 6.07) is 3.99. The number of aryl methyl sites for hydroxylation is 2. The number of nitrogens with one attached hydrogen (secondary N) is 2. The van der Waals surface area contributed by atoms with Gasteiger partial charge in [0.15, 0.2) is 5.82 Å². The first-order valence-electron chi connectivity index (χ1n) is 7.50. The van der Waals surface area contributed by atoms with E-state index in [1.807, 2.05) is 0 Å². The number of aromatic nitrogens is 2. The molecule has 0 bridgehead atoms. The van der Waals surface area contributed by atoms with Crippen LogP contribution in [0.25, 0.3) is 11.1 Å². The van der Waals surface area contributed by atoms with Gasteiger partial charge in [-0.3, -0.25) is 5.32 Å². The van der Waals surface area contributed by atoms with E-state index < -0.39 is 18.1 Å². The van der Waals surface area contributed by atoms with Crippen molar-refractivity contribution in [2.24, 2.45) is 0 Å². The van der Waals surface area contributed by atoms with Crippen molar-refractivity contribution in [1.29, 1.82) is 0 Å². The lowest BCUT2D eigenvalue weighted by atomic mass is 10.2. The van der Waals surface area contributed by atoms with Crippen molar-refractivity contribution in [3.05, 3.63) is 40.5 Å². The Bertz CT molecular complexity index is 1000. The zero-order valence-electron chi connectivity index (χ0n) is 13.9. The van der Waals surface area contributed by atoms with Gasteiger partial charge < -0.3 is 14.6 Å². The van der Waals surface area contributed by atoms with Crippen molar-refractivity contribution in [1.82, 2.24) is 10.1 Å². The average molecular weight is 401 g/mol. The first kappa shape index (κ1) is 18.8. The molecule has 0 saturated heterocycles. The number of fused-ring (bicyclic) bond motifs is 1. The van der Waals surface area contributed by atoms with Gasteiger partial charge >= 0.3 is 12.4 Å². The van der Waals surface area contributed by atoms with E-state index in [1.165, 1.54) is 12.1 Å². The third-order valence-corrected chi connectivity index (χ3v) is 4.10. The number of carbonyl (C=O) groups is 1. The monoisotopic (exact) mass is 400 g/mol. The van der Waals surface area contributed by atoms with Gasteiger partial charge in [0.1, 0.15) is 5.75 Å². The molecule has 0 aliphatic heterocycles. The molecule has 7 nitrogen and oxygen atoms in total. The van der Waals surface area contributed by atoms with E-state index in [-0.39, 0.29) is 17.2 Å². The van der Waals surface area contributed by atoms with E-state index in [2.05, 4.69) is 25.5 Å². The first-order chi connectivity index (χ1) is 12.6. The summed E-state index contributed by atoms with van der Waals surface area (Å²) in [6.45, 7) is 3.45. The van der Waals surface area contributed by atoms with E-state index >= 15 is 0 Å². The lowest BCUT2D eigenvalue weighted by Crippen LogP contribution is -2.20. The fourth-order valence-electron chi connectivity index (χ4n) is 2.37. The number of urea groups is 1. The molecule has 0 radical (unpaired) electrons. The van der Waals surface area contributed by atoms with Crippen molar-refractivity contribution in [3.8, 4) is 5.75 Å². The van der Waals surface area contributed by atoms with Crippen LogP contribution in [-0.4, -0.2) is 22.5 Å². The molecule has 142 valence electrons. The minimum Gasteiger partial charge on any atom is -0.406 e. The topological polar surface area (TPSA) is 89.3 Å². The summed E-state index contributed by atoms with van der Waals surface area (Å²) in [5.74, 6) is -0.283. The second kappa shape index (κ2) is 6.95. The van der Waals surface area contributed by atoms with Gasteiger partial charge in [-0.25, -0.2) is 9.78 Å². The molecule has 3 rings (SSSR count). The van der Waals surface area contributed by atoms with Crippen LogP contribution >= 0.6 is 11.6 Å². The van der Waals surface area contributed by atoms with Crippen molar-refractivity contribution in [2.45, 2.75) is 20.2 Å². The molecule has 2 amide bonds. The first-order valence-corrected chi connectivity index (χ1v) is 7.88. The molecular weight excluding hydrogens is 389 g/mol. The molecule has 3 aromatic rings. The van der Waals surface area contributed by atoms with Crippen molar-refractivity contribution >= 4 is 40.2 Å². The molecule has 2 N–H and O–H groups in total. The molecule has 2 aromatic heterocycles. The van der Waals surface area contributed by atoms with Crippen molar-refractivity contribution in [3.63, 3.8) is 0 Å². The van der Waals surface area contributed by atoms with Gasteiger partial charge in [-0.2, -0.15) is 0 Å². The van der Waals surface area contributed by atoms with Crippen molar-refractivity contribution < 1.29 is 27.2 Å². The summed E-state index contributed by atoms with van der Waals surface area (Å²) in [7, 11) is 0. The molecule has 2 heterocycles. The Kier molecular flexibility index (Phi) is 4.83. The molecule has 0 spiro atoms. The van der Waals surface area contributed by atoms with Gasteiger partial charge in [0.05, 0.1) is 16.1 Å². The van der Waals surface area contributed by atoms with Crippen LogP contribution in [0.2, 0.25) is 5.02 Å². The van der Waals surface area contributed by atoms with Crippen LogP contribution in [0.1, 0.15) is 11.3 Å². The van der Waals surface area contributed by atoms with Gasteiger partial charge in [-0.15, -0.1) is 13.2 Å². The number of amides is 2. The molecule has 1 aromatic carbocycles. The smallest absolute Gasteiger partial charge is 0.406 e. The number of nitrogens with zero attached hydrogens (tertiary/aromatic N) is 2. The van der Waals surface area contributed by atoms with E-state index in [9.17, 15) is 18.0 Å². The fourth-order valence-corrected chi connectivity index (χ4v) is 2.51. The Labute approximate surface area is 155 Å². The number of halogens is 4. The molecule has 0 unspecified atom stereocenters. The minimum atomic E-state index is -4.79. The Balaban J connectivity index is 1.73. The van der Waals surface area contributed by atoms with E-state index in [1.54, 1.807) is 13.8 Å². The second-order valence-corrected chi connectivity index (χ2v) is 5.88. The Morgan fingerprint density at radius 1 is 1.19 bits per heavy atom. The number of hydrogen-bond acceptors (Lipinski definition) is 5. The summed E-state index contributed by atoms with van der Waals surface area (Å²) in [5.41, 5.74) is 1.68. The zero-order chi connectivity index (χ0) is 19.8. The lowest BCUT2D eigenvalue weighted by Gasteiger charge is -2.10. The number of benzene rings is 1. The average Bonchev–Trinajstić information content (AvgIpc) is 2.95. The number of rotatable bonds is 3. The highest BCUT2D eigenvalue weighted by Crippen LogP contribution is 2.31. The van der Waals surface area contributed by atoms with Gasteiger partial charge in [0, 0.05) is 5.69 Å². The van der Waals surface area contributed by atoms with Crippen LogP contribution in [0, 0.1) is 13.8 Å². The number of hydrogen-bond donors (Lipinski definition) is 2. The molecule has 0 aliphatic rings. The van der Waals surface area contributed by atoms with Gasteiger partial charge in [0.2, 0.25) is 0 Å². The summed E-state index contributed by atoms with van der Waals surface area (Å²) in [5, 5.41) is 9.59. The maximum atomic E-state index is 12.1. The molecule has 0 aliphatic carbocycles.